The van der Waals surface area contributed by atoms with E-state index in [4.69, 9.17) is 5.73 Å². The molecule has 0 aliphatic rings. The van der Waals surface area contributed by atoms with Crippen molar-refractivity contribution in [1.29, 1.82) is 0 Å². The lowest BCUT2D eigenvalue weighted by molar-refractivity contribution is -0.117. The first kappa shape index (κ1) is 10.7. The minimum absolute atomic E-state index is 0.163. The fourth-order valence-electron chi connectivity index (χ4n) is 1.03. The molecule has 0 saturated heterocycles. The Balaban J connectivity index is 2.70. The monoisotopic (exact) mass is 193 g/mol. The van der Waals surface area contributed by atoms with Crippen molar-refractivity contribution >= 4 is 11.6 Å². The number of aryl methyl sites for hydroxylation is 1. The molecule has 1 unspecified atom stereocenters. The van der Waals surface area contributed by atoms with E-state index in [1.54, 1.807) is 12.3 Å². The molecule has 1 amide bonds. The first-order chi connectivity index (χ1) is 6.65. The predicted octanol–water partition coefficient (Wildman–Crippen LogP) is 1.07. The molecule has 4 heteroatoms. The second kappa shape index (κ2) is 4.72. The maximum Gasteiger partial charge on any atom is 0.241 e. The highest BCUT2D eigenvalue weighted by Crippen LogP contribution is 2.10. The van der Waals surface area contributed by atoms with Crippen LogP contribution in [0.25, 0.3) is 0 Å². The van der Waals surface area contributed by atoms with Crippen LogP contribution in [0.2, 0.25) is 0 Å². The first-order valence-corrected chi connectivity index (χ1v) is 4.63. The summed E-state index contributed by atoms with van der Waals surface area (Å²) in [5.41, 5.74) is 7.10. The molecule has 0 aliphatic carbocycles. The zero-order valence-electron chi connectivity index (χ0n) is 8.45. The number of hydrogen-bond acceptors (Lipinski definition) is 3. The van der Waals surface area contributed by atoms with Gasteiger partial charge in [0, 0.05) is 6.20 Å². The van der Waals surface area contributed by atoms with Crippen LogP contribution >= 0.6 is 0 Å². The average Bonchev–Trinajstić information content (AvgIpc) is 2.20. The van der Waals surface area contributed by atoms with Crippen LogP contribution in [0.3, 0.4) is 0 Å². The second-order valence-corrected chi connectivity index (χ2v) is 3.14. The molecule has 1 aromatic rings. The standard InChI is InChI=1S/C10H15N3O/c1-3-8(11)10(14)13-9-5-4-6-12-7(9)2/h4-6,8H,3,11H2,1-2H3,(H,13,14). The van der Waals surface area contributed by atoms with Gasteiger partial charge in [0.05, 0.1) is 17.4 Å². The minimum atomic E-state index is -0.449. The molecule has 3 N–H and O–H groups in total. The van der Waals surface area contributed by atoms with Gasteiger partial charge in [-0.15, -0.1) is 0 Å². The van der Waals surface area contributed by atoms with E-state index in [-0.39, 0.29) is 5.91 Å². The third kappa shape index (κ3) is 2.53. The van der Waals surface area contributed by atoms with Gasteiger partial charge >= 0.3 is 0 Å². The zero-order valence-corrected chi connectivity index (χ0v) is 8.45. The lowest BCUT2D eigenvalue weighted by atomic mass is 10.2. The van der Waals surface area contributed by atoms with E-state index in [9.17, 15) is 4.79 Å². The molecule has 1 heterocycles. The smallest absolute Gasteiger partial charge is 0.241 e. The van der Waals surface area contributed by atoms with Gasteiger partial charge in [0.2, 0.25) is 5.91 Å². The van der Waals surface area contributed by atoms with Gasteiger partial charge in [-0.3, -0.25) is 9.78 Å². The van der Waals surface area contributed by atoms with Crippen LogP contribution in [0.5, 0.6) is 0 Å². The molecule has 0 spiro atoms. The molecule has 1 rings (SSSR count). The topological polar surface area (TPSA) is 68.0 Å². The Morgan fingerprint density at radius 2 is 2.43 bits per heavy atom. The summed E-state index contributed by atoms with van der Waals surface area (Å²) in [4.78, 5) is 15.5. The number of nitrogens with zero attached hydrogens (tertiary/aromatic N) is 1. The van der Waals surface area contributed by atoms with Gasteiger partial charge in [-0.25, -0.2) is 0 Å². The molecule has 14 heavy (non-hydrogen) atoms. The van der Waals surface area contributed by atoms with Crippen molar-refractivity contribution in [2.24, 2.45) is 5.73 Å². The van der Waals surface area contributed by atoms with E-state index >= 15 is 0 Å². The molecule has 0 aromatic carbocycles. The van der Waals surface area contributed by atoms with E-state index in [1.807, 2.05) is 19.9 Å². The molecule has 1 aromatic heterocycles. The highest BCUT2D eigenvalue weighted by molar-refractivity contribution is 5.94. The number of carbonyl (C=O) groups is 1. The maximum absolute atomic E-state index is 11.4. The van der Waals surface area contributed by atoms with Gasteiger partial charge < -0.3 is 11.1 Å². The molecule has 0 radical (unpaired) electrons. The highest BCUT2D eigenvalue weighted by Gasteiger charge is 2.11. The van der Waals surface area contributed by atoms with Crippen LogP contribution in [0.4, 0.5) is 5.69 Å². The number of aromatic nitrogens is 1. The first-order valence-electron chi connectivity index (χ1n) is 4.63. The zero-order chi connectivity index (χ0) is 10.6. The molecule has 76 valence electrons. The highest BCUT2D eigenvalue weighted by atomic mass is 16.2. The molecule has 1 atom stereocenters. The number of nitrogens with one attached hydrogen (secondary N) is 1. The Hall–Kier alpha value is -1.42. The largest absolute Gasteiger partial charge is 0.323 e. The molecular weight excluding hydrogens is 178 g/mol. The van der Waals surface area contributed by atoms with Gasteiger partial charge in [-0.05, 0) is 25.5 Å². The van der Waals surface area contributed by atoms with Crippen molar-refractivity contribution in [3.05, 3.63) is 24.0 Å². The predicted molar refractivity (Wildman–Crippen MR) is 55.9 cm³/mol. The SMILES string of the molecule is CCC(N)C(=O)Nc1cccnc1C. The van der Waals surface area contributed by atoms with Crippen LogP contribution in [0, 0.1) is 6.92 Å². The van der Waals surface area contributed by atoms with Gasteiger partial charge in [-0.2, -0.15) is 0 Å². The lowest BCUT2D eigenvalue weighted by Crippen LogP contribution is -2.35. The number of hydrogen-bond donors (Lipinski definition) is 2. The Kier molecular flexibility index (Phi) is 3.59. The van der Waals surface area contributed by atoms with E-state index in [1.165, 1.54) is 0 Å². The van der Waals surface area contributed by atoms with Crippen LogP contribution in [-0.4, -0.2) is 16.9 Å². The molecule has 0 fully saturated rings. The Morgan fingerprint density at radius 1 is 1.71 bits per heavy atom. The molecule has 0 bridgehead atoms. The quantitative estimate of drug-likeness (QED) is 0.754. The van der Waals surface area contributed by atoms with Crippen LogP contribution in [0.15, 0.2) is 18.3 Å². The number of anilines is 1. The fraction of sp³-hybridized carbons (Fsp3) is 0.400. The number of rotatable bonds is 3. The van der Waals surface area contributed by atoms with Crippen LogP contribution in [-0.2, 0) is 4.79 Å². The average molecular weight is 193 g/mol. The van der Waals surface area contributed by atoms with Crippen molar-refractivity contribution in [3.63, 3.8) is 0 Å². The summed E-state index contributed by atoms with van der Waals surface area (Å²) in [6.45, 7) is 3.72. The summed E-state index contributed by atoms with van der Waals surface area (Å²) in [5, 5.41) is 2.73. The van der Waals surface area contributed by atoms with Crippen molar-refractivity contribution in [2.75, 3.05) is 5.32 Å². The summed E-state index contributed by atoms with van der Waals surface area (Å²) in [6.07, 6.45) is 2.32. The van der Waals surface area contributed by atoms with Crippen LogP contribution in [0.1, 0.15) is 19.0 Å². The second-order valence-electron chi connectivity index (χ2n) is 3.14. The van der Waals surface area contributed by atoms with Crippen molar-refractivity contribution in [3.8, 4) is 0 Å². The normalized spacial score (nSPS) is 12.2. The van der Waals surface area contributed by atoms with E-state index < -0.39 is 6.04 Å². The minimum Gasteiger partial charge on any atom is -0.323 e. The van der Waals surface area contributed by atoms with Crippen molar-refractivity contribution < 1.29 is 4.79 Å². The van der Waals surface area contributed by atoms with Crippen LogP contribution < -0.4 is 11.1 Å². The summed E-state index contributed by atoms with van der Waals surface area (Å²) < 4.78 is 0. The molecule has 0 saturated carbocycles. The third-order valence-corrected chi connectivity index (χ3v) is 2.04. The number of pyridine rings is 1. The molecule has 4 nitrogen and oxygen atoms in total. The Morgan fingerprint density at radius 3 is 3.00 bits per heavy atom. The Bertz CT molecular complexity index is 325. The summed E-state index contributed by atoms with van der Waals surface area (Å²) in [7, 11) is 0. The number of carbonyl (C=O) groups excluding carboxylic acids is 1. The number of amides is 1. The molecule has 0 aliphatic heterocycles. The van der Waals surface area contributed by atoms with Gasteiger partial charge in [0.25, 0.3) is 0 Å². The summed E-state index contributed by atoms with van der Waals surface area (Å²) in [5.74, 6) is -0.163. The van der Waals surface area contributed by atoms with E-state index in [2.05, 4.69) is 10.3 Å². The summed E-state index contributed by atoms with van der Waals surface area (Å²) in [6, 6.07) is 3.14. The van der Waals surface area contributed by atoms with Crippen molar-refractivity contribution in [2.45, 2.75) is 26.3 Å². The fourth-order valence-corrected chi connectivity index (χ4v) is 1.03. The maximum atomic E-state index is 11.4. The third-order valence-electron chi connectivity index (χ3n) is 2.04. The van der Waals surface area contributed by atoms with Gasteiger partial charge in [0.15, 0.2) is 0 Å². The van der Waals surface area contributed by atoms with Gasteiger partial charge in [0.1, 0.15) is 0 Å². The lowest BCUT2D eigenvalue weighted by Gasteiger charge is -2.10. The summed E-state index contributed by atoms with van der Waals surface area (Å²) >= 11 is 0. The van der Waals surface area contributed by atoms with E-state index in [0.29, 0.717) is 6.42 Å². The number of nitrogens with two attached hydrogens (primary N) is 1. The van der Waals surface area contributed by atoms with E-state index in [0.717, 1.165) is 11.4 Å². The van der Waals surface area contributed by atoms with Gasteiger partial charge in [-0.1, -0.05) is 6.92 Å². The Labute approximate surface area is 83.5 Å². The van der Waals surface area contributed by atoms with Crippen molar-refractivity contribution in [1.82, 2.24) is 4.98 Å². The molecular formula is C10H15N3O.